The lowest BCUT2D eigenvalue weighted by atomic mass is 9.96. The van der Waals surface area contributed by atoms with E-state index >= 15 is 0 Å². The van der Waals surface area contributed by atoms with Gasteiger partial charge in [-0.05, 0) is 43.7 Å². The summed E-state index contributed by atoms with van der Waals surface area (Å²) < 4.78 is 12.9. The van der Waals surface area contributed by atoms with Crippen LogP contribution in [0.4, 0.5) is 5.69 Å². The molecule has 0 bridgehead atoms. The second-order valence-electron chi connectivity index (χ2n) is 8.30. The Labute approximate surface area is 224 Å². The van der Waals surface area contributed by atoms with Gasteiger partial charge in [0.05, 0.1) is 32.9 Å². The van der Waals surface area contributed by atoms with Crippen LogP contribution in [0.5, 0.6) is 0 Å². The number of nitro benzene ring substituents is 1. The van der Waals surface area contributed by atoms with Gasteiger partial charge in [-0.2, -0.15) is 0 Å². The average molecular weight is 550 g/mol. The fraction of sp³-hybridized carbons (Fsp3) is 0.148. The van der Waals surface area contributed by atoms with Crippen LogP contribution in [0.15, 0.2) is 86.1 Å². The maximum absolute atomic E-state index is 13.7. The van der Waals surface area contributed by atoms with E-state index in [2.05, 4.69) is 4.99 Å². The van der Waals surface area contributed by atoms with Crippen LogP contribution in [0.3, 0.4) is 0 Å². The highest BCUT2D eigenvalue weighted by Gasteiger charge is 2.34. The first kappa shape index (κ1) is 25.4. The van der Waals surface area contributed by atoms with E-state index in [0.717, 1.165) is 11.3 Å². The minimum Gasteiger partial charge on any atom is -0.463 e. The topological polar surface area (TPSA) is 117 Å². The van der Waals surface area contributed by atoms with Gasteiger partial charge in [-0.1, -0.05) is 53.3 Å². The predicted molar refractivity (Wildman–Crippen MR) is 143 cm³/mol. The van der Waals surface area contributed by atoms with Crippen LogP contribution in [0.1, 0.15) is 31.2 Å². The summed E-state index contributed by atoms with van der Waals surface area (Å²) in [5.74, 6) is 0.0535. The Bertz CT molecular complexity index is 1800. The predicted octanol–water partition coefficient (Wildman–Crippen LogP) is 4.62. The monoisotopic (exact) mass is 549 g/mol. The SMILES string of the molecule is CCOC(=O)C1=C(C)N=c2s/c(=C\c3ccc(-c4ccccc4[N+](=O)[O-])o3)c(=O)n2C1c1ccccc1Cl. The maximum Gasteiger partial charge on any atom is 0.338 e. The van der Waals surface area contributed by atoms with Crippen LogP contribution in [0.2, 0.25) is 5.02 Å². The van der Waals surface area contributed by atoms with Crippen LogP contribution in [-0.4, -0.2) is 22.1 Å². The first-order valence-corrected chi connectivity index (χ1v) is 12.8. The van der Waals surface area contributed by atoms with E-state index in [-0.39, 0.29) is 17.9 Å². The molecule has 1 atom stereocenters. The number of fused-ring (bicyclic) bond motifs is 1. The minimum atomic E-state index is -0.833. The summed E-state index contributed by atoms with van der Waals surface area (Å²) in [6, 6.07) is 15.7. The van der Waals surface area contributed by atoms with Gasteiger partial charge in [0.1, 0.15) is 17.6 Å². The van der Waals surface area contributed by atoms with Gasteiger partial charge in [-0.15, -0.1) is 0 Å². The zero-order valence-corrected chi connectivity index (χ0v) is 21.8. The number of rotatable bonds is 6. The van der Waals surface area contributed by atoms with Crippen molar-refractivity contribution < 1.29 is 18.9 Å². The van der Waals surface area contributed by atoms with Crippen molar-refractivity contribution in [3.63, 3.8) is 0 Å². The average Bonchev–Trinajstić information content (AvgIpc) is 3.48. The van der Waals surface area contributed by atoms with Crippen molar-refractivity contribution in [1.29, 1.82) is 0 Å². The number of thiazole rings is 1. The number of furan rings is 1. The Morgan fingerprint density at radius 3 is 2.68 bits per heavy atom. The highest BCUT2D eigenvalue weighted by Crippen LogP contribution is 2.34. The molecule has 0 radical (unpaired) electrons. The van der Waals surface area contributed by atoms with Gasteiger partial charge < -0.3 is 9.15 Å². The molecule has 1 unspecified atom stereocenters. The molecule has 0 spiro atoms. The van der Waals surface area contributed by atoms with E-state index in [0.29, 0.717) is 42.7 Å². The largest absolute Gasteiger partial charge is 0.463 e. The molecule has 5 rings (SSSR count). The van der Waals surface area contributed by atoms with Crippen molar-refractivity contribution in [3.8, 4) is 11.3 Å². The molecule has 1 aliphatic heterocycles. The second-order valence-corrected chi connectivity index (χ2v) is 9.72. The van der Waals surface area contributed by atoms with E-state index in [1.165, 1.54) is 10.6 Å². The first-order chi connectivity index (χ1) is 18.3. The molecule has 0 saturated carbocycles. The molecule has 1 aliphatic rings. The number of halogens is 1. The minimum absolute atomic E-state index is 0.0884. The van der Waals surface area contributed by atoms with Crippen LogP contribution in [-0.2, 0) is 9.53 Å². The standard InChI is InChI=1S/C27H20ClN3O6S/c1-3-36-26(33)23-15(2)29-27-30(24(23)17-8-4-6-10-19(17)28)25(32)22(38-27)14-16-12-13-21(37-16)18-9-5-7-11-20(18)31(34)35/h4-14,24H,3H2,1-2H3/b22-14-. The molecule has 4 aromatic rings. The van der Waals surface area contributed by atoms with Crippen molar-refractivity contribution in [1.82, 2.24) is 4.57 Å². The second kappa shape index (κ2) is 10.2. The van der Waals surface area contributed by atoms with E-state index < -0.39 is 22.5 Å². The number of ether oxygens (including phenoxy) is 1. The summed E-state index contributed by atoms with van der Waals surface area (Å²) in [5.41, 5.74) is 1.07. The van der Waals surface area contributed by atoms with Gasteiger partial charge in [0, 0.05) is 17.2 Å². The summed E-state index contributed by atoms with van der Waals surface area (Å²) >= 11 is 7.65. The molecule has 0 amide bonds. The van der Waals surface area contributed by atoms with Crippen molar-refractivity contribution in [2.24, 2.45) is 4.99 Å². The maximum atomic E-state index is 13.7. The molecule has 9 nitrogen and oxygen atoms in total. The quantitative estimate of drug-likeness (QED) is 0.197. The molecule has 0 fully saturated rings. The number of esters is 1. The number of benzene rings is 2. The molecule has 11 heteroatoms. The van der Waals surface area contributed by atoms with Crippen molar-refractivity contribution in [3.05, 3.63) is 118 Å². The third-order valence-corrected chi connectivity index (χ3v) is 7.31. The van der Waals surface area contributed by atoms with Gasteiger partial charge in [-0.3, -0.25) is 19.5 Å². The number of carbonyl (C=O) groups excluding carboxylic acids is 1. The van der Waals surface area contributed by atoms with E-state index in [1.54, 1.807) is 74.5 Å². The highest BCUT2D eigenvalue weighted by atomic mass is 35.5. The molecule has 0 aliphatic carbocycles. The summed E-state index contributed by atoms with van der Waals surface area (Å²) in [4.78, 5) is 42.5. The number of hydrogen-bond acceptors (Lipinski definition) is 8. The molecule has 2 aromatic heterocycles. The lowest BCUT2D eigenvalue weighted by Crippen LogP contribution is -2.40. The molecular formula is C27H20ClN3O6S. The molecule has 0 N–H and O–H groups in total. The van der Waals surface area contributed by atoms with Gasteiger partial charge in [0.25, 0.3) is 11.2 Å². The van der Waals surface area contributed by atoms with E-state index in [1.807, 2.05) is 0 Å². The van der Waals surface area contributed by atoms with Crippen LogP contribution >= 0.6 is 22.9 Å². The van der Waals surface area contributed by atoms with Gasteiger partial charge in [0.15, 0.2) is 4.80 Å². The number of aromatic nitrogens is 1. The van der Waals surface area contributed by atoms with Crippen molar-refractivity contribution >= 4 is 40.7 Å². The fourth-order valence-electron chi connectivity index (χ4n) is 4.33. The van der Waals surface area contributed by atoms with Crippen LogP contribution < -0.4 is 14.9 Å². The smallest absolute Gasteiger partial charge is 0.338 e. The Kier molecular flexibility index (Phi) is 6.83. The number of allylic oxidation sites excluding steroid dienone is 1. The number of nitrogens with zero attached hydrogens (tertiary/aromatic N) is 3. The lowest BCUT2D eigenvalue weighted by Gasteiger charge is -2.25. The Hall–Kier alpha value is -4.28. The number of carbonyl (C=O) groups is 1. The summed E-state index contributed by atoms with van der Waals surface area (Å²) in [6.45, 7) is 3.56. The molecular weight excluding hydrogens is 530 g/mol. The fourth-order valence-corrected chi connectivity index (χ4v) is 5.59. The Morgan fingerprint density at radius 1 is 1.21 bits per heavy atom. The lowest BCUT2D eigenvalue weighted by molar-refractivity contribution is -0.384. The first-order valence-electron chi connectivity index (χ1n) is 11.6. The van der Waals surface area contributed by atoms with Gasteiger partial charge >= 0.3 is 5.97 Å². The van der Waals surface area contributed by atoms with Gasteiger partial charge in [0.2, 0.25) is 0 Å². The Morgan fingerprint density at radius 2 is 1.95 bits per heavy atom. The number of para-hydroxylation sites is 1. The zero-order chi connectivity index (χ0) is 27.0. The van der Waals surface area contributed by atoms with Crippen molar-refractivity contribution in [2.75, 3.05) is 6.61 Å². The summed E-state index contributed by atoms with van der Waals surface area (Å²) in [7, 11) is 0. The third-order valence-electron chi connectivity index (χ3n) is 5.98. The van der Waals surface area contributed by atoms with Gasteiger partial charge in [-0.25, -0.2) is 9.79 Å². The molecule has 192 valence electrons. The number of nitro groups is 1. The molecule has 3 heterocycles. The van der Waals surface area contributed by atoms with E-state index in [9.17, 15) is 19.7 Å². The molecule has 38 heavy (non-hydrogen) atoms. The third kappa shape index (κ3) is 4.48. The Balaban J connectivity index is 1.65. The summed E-state index contributed by atoms with van der Waals surface area (Å²) in [6.07, 6.45) is 1.55. The van der Waals surface area contributed by atoms with Crippen molar-refractivity contribution in [2.45, 2.75) is 19.9 Å². The zero-order valence-electron chi connectivity index (χ0n) is 20.2. The van der Waals surface area contributed by atoms with Crippen LogP contribution in [0.25, 0.3) is 17.4 Å². The number of hydrogen-bond donors (Lipinski definition) is 0. The highest BCUT2D eigenvalue weighted by molar-refractivity contribution is 7.07. The molecule has 0 saturated heterocycles. The normalized spacial score (nSPS) is 15.2. The van der Waals surface area contributed by atoms with E-state index in [4.69, 9.17) is 20.8 Å². The summed E-state index contributed by atoms with van der Waals surface area (Å²) in [5, 5.41) is 11.8. The molecule has 2 aromatic carbocycles. The van der Waals surface area contributed by atoms with Crippen LogP contribution in [0, 0.1) is 10.1 Å².